The second-order valence-corrected chi connectivity index (χ2v) is 6.67. The van der Waals surface area contributed by atoms with Gasteiger partial charge in [-0.1, -0.05) is 0 Å². The van der Waals surface area contributed by atoms with Gasteiger partial charge in [-0.15, -0.1) is 0 Å². The fourth-order valence-corrected chi connectivity index (χ4v) is 4.71. The number of pyridine rings is 1. The third kappa shape index (κ3) is 1.62. The first-order chi connectivity index (χ1) is 9.54. The van der Waals surface area contributed by atoms with Gasteiger partial charge in [-0.3, -0.25) is 0 Å². The molecular weight excluding hydrogens is 332 g/mol. The molecule has 0 amide bonds. The molecule has 0 atom stereocenters. The fraction of sp³-hybridized carbons (Fsp3) is 0.0714. The first kappa shape index (κ1) is 12.0. The minimum absolute atomic E-state index is 0.0884. The number of aromatic nitrogens is 2. The van der Waals surface area contributed by atoms with E-state index in [1.165, 1.54) is 10.5 Å². The molecule has 3 heterocycles. The van der Waals surface area contributed by atoms with Gasteiger partial charge in [0.05, 0.1) is 0 Å². The van der Waals surface area contributed by atoms with E-state index in [4.69, 9.17) is 0 Å². The number of nitrogens with zero attached hydrogens (tertiary/aromatic N) is 2. The van der Waals surface area contributed by atoms with Gasteiger partial charge in [-0.05, 0) is 0 Å². The second kappa shape index (κ2) is 3.87. The molecule has 0 radical (unpaired) electrons. The normalized spacial score (nSPS) is 12.8. The van der Waals surface area contributed by atoms with E-state index in [-0.39, 0.29) is 14.5 Å². The summed E-state index contributed by atoms with van der Waals surface area (Å²) >= 11 is 0.0884. The van der Waals surface area contributed by atoms with E-state index in [2.05, 4.69) is 4.98 Å². The SMILES string of the molecule is FC(F)(F)c1ccn2c(c1)nc1c3ccccc3[se]c12. The number of benzene rings is 1. The van der Waals surface area contributed by atoms with Crippen molar-refractivity contribution in [3.63, 3.8) is 0 Å². The van der Waals surface area contributed by atoms with Crippen molar-refractivity contribution < 1.29 is 13.2 Å². The standard InChI is InChI=1S/C14H7F3N2Se/c15-14(16,17)8-5-6-19-11(7-8)18-12-9-3-1-2-4-10(9)20-13(12)19/h1-7H. The molecule has 0 aliphatic rings. The molecule has 100 valence electrons. The van der Waals surface area contributed by atoms with Crippen molar-refractivity contribution in [1.29, 1.82) is 0 Å². The number of hydrogen-bond donors (Lipinski definition) is 0. The summed E-state index contributed by atoms with van der Waals surface area (Å²) in [6.07, 6.45) is -2.86. The third-order valence-electron chi connectivity index (χ3n) is 3.26. The Kier molecular flexibility index (Phi) is 2.32. The molecule has 0 spiro atoms. The number of alkyl halides is 3. The Morgan fingerprint density at radius 1 is 1.10 bits per heavy atom. The first-order valence-corrected chi connectivity index (χ1v) is 7.62. The Hall–Kier alpha value is -1.78. The molecule has 4 rings (SSSR count). The van der Waals surface area contributed by atoms with Gasteiger partial charge >= 0.3 is 117 Å². The number of rotatable bonds is 0. The monoisotopic (exact) mass is 340 g/mol. The topological polar surface area (TPSA) is 17.3 Å². The molecule has 0 bridgehead atoms. The van der Waals surface area contributed by atoms with Gasteiger partial charge in [0, 0.05) is 0 Å². The molecule has 1 aromatic carbocycles. The van der Waals surface area contributed by atoms with Crippen LogP contribution in [-0.4, -0.2) is 23.9 Å². The van der Waals surface area contributed by atoms with E-state index in [9.17, 15) is 13.2 Å². The third-order valence-corrected chi connectivity index (χ3v) is 5.69. The van der Waals surface area contributed by atoms with Gasteiger partial charge in [0.2, 0.25) is 0 Å². The summed E-state index contributed by atoms with van der Waals surface area (Å²) in [6.45, 7) is 0. The van der Waals surface area contributed by atoms with Crippen LogP contribution < -0.4 is 0 Å². The maximum atomic E-state index is 12.7. The zero-order chi connectivity index (χ0) is 13.9. The number of imidazole rings is 1. The number of fused-ring (bicyclic) bond motifs is 5. The average Bonchev–Trinajstić information content (AvgIpc) is 2.93. The Bertz CT molecular complexity index is 949. The van der Waals surface area contributed by atoms with Crippen LogP contribution in [0.25, 0.3) is 25.2 Å². The van der Waals surface area contributed by atoms with E-state index in [1.54, 1.807) is 4.40 Å². The summed E-state index contributed by atoms with van der Waals surface area (Å²) in [5, 5.41) is 1.04. The molecule has 3 aromatic heterocycles. The van der Waals surface area contributed by atoms with Gasteiger partial charge < -0.3 is 0 Å². The molecule has 0 N–H and O–H groups in total. The van der Waals surface area contributed by atoms with E-state index in [0.29, 0.717) is 5.65 Å². The first-order valence-electron chi connectivity index (χ1n) is 5.90. The Morgan fingerprint density at radius 3 is 2.70 bits per heavy atom. The molecule has 6 heteroatoms. The van der Waals surface area contributed by atoms with Crippen LogP contribution in [0, 0.1) is 0 Å². The van der Waals surface area contributed by atoms with Crippen LogP contribution in [0.4, 0.5) is 13.2 Å². The molecule has 0 aliphatic heterocycles. The van der Waals surface area contributed by atoms with Gasteiger partial charge in [0.15, 0.2) is 0 Å². The summed E-state index contributed by atoms with van der Waals surface area (Å²) in [5.41, 5.74) is 0.524. The Labute approximate surface area is 117 Å². The van der Waals surface area contributed by atoms with Crippen LogP contribution >= 0.6 is 0 Å². The van der Waals surface area contributed by atoms with Gasteiger partial charge in [0.25, 0.3) is 0 Å². The van der Waals surface area contributed by atoms with Crippen molar-refractivity contribution in [3.8, 4) is 0 Å². The van der Waals surface area contributed by atoms with E-state index >= 15 is 0 Å². The van der Waals surface area contributed by atoms with Crippen molar-refractivity contribution in [2.75, 3.05) is 0 Å². The summed E-state index contributed by atoms with van der Waals surface area (Å²) in [4.78, 5) is 4.39. The van der Waals surface area contributed by atoms with E-state index < -0.39 is 11.7 Å². The van der Waals surface area contributed by atoms with Gasteiger partial charge in [0.1, 0.15) is 0 Å². The summed E-state index contributed by atoms with van der Waals surface area (Å²) < 4.78 is 42.2. The van der Waals surface area contributed by atoms with Crippen molar-refractivity contribution in [2.24, 2.45) is 0 Å². The maximum absolute atomic E-state index is 12.7. The van der Waals surface area contributed by atoms with Crippen LogP contribution in [0.1, 0.15) is 5.56 Å². The van der Waals surface area contributed by atoms with Crippen LogP contribution in [0.3, 0.4) is 0 Å². The van der Waals surface area contributed by atoms with Crippen molar-refractivity contribution in [2.45, 2.75) is 6.18 Å². The number of hydrogen-bond acceptors (Lipinski definition) is 1. The summed E-state index contributed by atoms with van der Waals surface area (Å²) in [7, 11) is 0. The molecule has 4 aromatic rings. The van der Waals surface area contributed by atoms with Crippen LogP contribution in [-0.2, 0) is 6.18 Å². The minimum atomic E-state index is -4.33. The summed E-state index contributed by atoms with van der Waals surface area (Å²) in [5.74, 6) is 0. The van der Waals surface area contributed by atoms with E-state index in [0.717, 1.165) is 27.4 Å². The average molecular weight is 339 g/mol. The second-order valence-electron chi connectivity index (χ2n) is 4.51. The van der Waals surface area contributed by atoms with Crippen molar-refractivity contribution in [3.05, 3.63) is 48.2 Å². The molecule has 0 unspecified atom stereocenters. The van der Waals surface area contributed by atoms with Crippen LogP contribution in [0.5, 0.6) is 0 Å². The van der Waals surface area contributed by atoms with E-state index in [1.807, 2.05) is 24.3 Å². The molecule has 0 saturated carbocycles. The molecule has 0 aliphatic carbocycles. The van der Waals surface area contributed by atoms with Gasteiger partial charge in [-0.2, -0.15) is 0 Å². The summed E-state index contributed by atoms with van der Waals surface area (Å²) in [6, 6.07) is 10.1. The predicted molar refractivity (Wildman–Crippen MR) is 72.1 cm³/mol. The van der Waals surface area contributed by atoms with Gasteiger partial charge in [-0.25, -0.2) is 0 Å². The number of halogens is 3. The molecular formula is C14H7F3N2Se. The Morgan fingerprint density at radius 2 is 1.90 bits per heavy atom. The molecule has 20 heavy (non-hydrogen) atoms. The van der Waals surface area contributed by atoms with Crippen molar-refractivity contribution >= 4 is 39.7 Å². The van der Waals surface area contributed by atoms with Crippen LogP contribution in [0.2, 0.25) is 0 Å². The quantitative estimate of drug-likeness (QED) is 0.447. The fourth-order valence-electron chi connectivity index (χ4n) is 2.33. The Balaban J connectivity index is 2.09. The predicted octanol–water partition coefficient (Wildman–Crippen LogP) is 3.72. The zero-order valence-electron chi connectivity index (χ0n) is 9.98. The van der Waals surface area contributed by atoms with Crippen molar-refractivity contribution in [1.82, 2.24) is 9.38 Å². The molecule has 2 nitrogen and oxygen atoms in total. The zero-order valence-corrected chi connectivity index (χ0v) is 11.7. The molecule has 0 saturated heterocycles. The van der Waals surface area contributed by atoms with Crippen LogP contribution in [0.15, 0.2) is 42.6 Å². The molecule has 0 fully saturated rings.